The van der Waals surface area contributed by atoms with Gasteiger partial charge in [-0.2, -0.15) is 0 Å². The van der Waals surface area contributed by atoms with Crippen molar-refractivity contribution in [2.45, 2.75) is 12.8 Å². The molecule has 2 N–H and O–H groups in total. The fourth-order valence-electron chi connectivity index (χ4n) is 3.30. The molecule has 0 fully saturated rings. The minimum Gasteiger partial charge on any atom is -0.383 e. The molecule has 0 saturated heterocycles. The van der Waals surface area contributed by atoms with Crippen LogP contribution < -0.4 is 5.73 Å². The van der Waals surface area contributed by atoms with E-state index < -0.39 is 0 Å². The van der Waals surface area contributed by atoms with Gasteiger partial charge in [0, 0.05) is 31.8 Å². The molecule has 0 bridgehead atoms. The van der Waals surface area contributed by atoms with E-state index in [4.69, 9.17) is 10.7 Å². The van der Waals surface area contributed by atoms with Crippen molar-refractivity contribution in [2.75, 3.05) is 5.73 Å². The van der Waals surface area contributed by atoms with Gasteiger partial charge in [-0.15, -0.1) is 0 Å². The lowest BCUT2D eigenvalue weighted by atomic mass is 9.99. The molecular weight excluding hydrogens is 570 g/mol. The van der Waals surface area contributed by atoms with Crippen LogP contribution in [0.3, 0.4) is 0 Å². The molecule has 30 heavy (non-hydrogen) atoms. The largest absolute Gasteiger partial charge is 0.383 e. The van der Waals surface area contributed by atoms with Crippen molar-refractivity contribution in [3.63, 3.8) is 0 Å². The topological polar surface area (TPSA) is 51.8 Å². The minimum absolute atomic E-state index is 0.506. The molecule has 150 valence electrons. The normalized spacial score (nSPS) is 10.9. The highest BCUT2D eigenvalue weighted by Crippen LogP contribution is 2.31. The summed E-state index contributed by atoms with van der Waals surface area (Å²) in [6.07, 6.45) is 1.31. The predicted octanol–water partition coefficient (Wildman–Crippen LogP) is 7.19. The maximum atomic E-state index is 6.47. The molecule has 0 radical (unpaired) electrons. The van der Waals surface area contributed by atoms with E-state index >= 15 is 0 Å². The average molecular weight is 588 g/mol. The minimum atomic E-state index is 0.506. The van der Waals surface area contributed by atoms with Gasteiger partial charge in [-0.25, -0.2) is 9.97 Å². The van der Waals surface area contributed by atoms with Gasteiger partial charge in [0.25, 0.3) is 0 Å². The predicted molar refractivity (Wildman–Crippen MR) is 133 cm³/mol. The highest BCUT2D eigenvalue weighted by Gasteiger charge is 2.15. The summed E-state index contributed by atoms with van der Waals surface area (Å²) in [6.45, 7) is 0. The molecule has 1 aromatic heterocycles. The number of benzene rings is 3. The molecule has 0 aliphatic rings. The van der Waals surface area contributed by atoms with Crippen LogP contribution >= 0.6 is 47.8 Å². The van der Waals surface area contributed by atoms with Crippen LogP contribution in [0.25, 0.3) is 11.1 Å². The summed E-state index contributed by atoms with van der Waals surface area (Å²) >= 11 is 10.5. The zero-order chi connectivity index (χ0) is 21.1. The zero-order valence-electron chi connectivity index (χ0n) is 15.9. The Balaban J connectivity index is 1.76. The fraction of sp³-hybridized carbons (Fsp3) is 0.0833. The van der Waals surface area contributed by atoms with Gasteiger partial charge in [0.2, 0.25) is 0 Å². The van der Waals surface area contributed by atoms with Gasteiger partial charge in [0.05, 0.1) is 5.69 Å². The lowest BCUT2D eigenvalue weighted by molar-refractivity contribution is 0.926. The number of hydrogen-bond acceptors (Lipinski definition) is 3. The molecule has 0 unspecified atom stereocenters. The van der Waals surface area contributed by atoms with E-state index in [9.17, 15) is 0 Å². The Labute approximate surface area is 201 Å². The molecule has 6 heteroatoms. The summed E-state index contributed by atoms with van der Waals surface area (Å²) in [5.74, 6) is 1.23. The van der Waals surface area contributed by atoms with Crippen molar-refractivity contribution in [3.8, 4) is 11.1 Å². The highest BCUT2D eigenvalue weighted by atomic mass is 79.9. The summed E-state index contributed by atoms with van der Waals surface area (Å²) < 4.78 is 3.12. The number of nitrogen functional groups attached to an aromatic ring is 1. The number of nitrogens with two attached hydrogens (primary N) is 1. The molecule has 4 aromatic rings. The summed E-state index contributed by atoms with van der Waals surface area (Å²) in [4.78, 5) is 9.58. The van der Waals surface area contributed by atoms with Gasteiger partial charge in [-0.1, -0.05) is 84.2 Å². The lowest BCUT2D eigenvalue weighted by Gasteiger charge is -2.14. The number of hydrogen-bond donors (Lipinski definition) is 1. The monoisotopic (exact) mass is 585 g/mol. The van der Waals surface area contributed by atoms with Crippen LogP contribution in [0, 0.1) is 0 Å². The van der Waals surface area contributed by atoms with Crippen LogP contribution in [0.5, 0.6) is 0 Å². The first-order valence-electron chi connectivity index (χ1n) is 9.38. The maximum Gasteiger partial charge on any atom is 0.135 e. The average Bonchev–Trinajstić information content (AvgIpc) is 2.72. The molecule has 4 rings (SSSR count). The van der Waals surface area contributed by atoms with Gasteiger partial charge < -0.3 is 5.73 Å². The Kier molecular flexibility index (Phi) is 6.66. The Morgan fingerprint density at radius 1 is 0.600 bits per heavy atom. The summed E-state index contributed by atoms with van der Waals surface area (Å²) in [7, 11) is 0. The number of aromatic nitrogens is 2. The first-order chi connectivity index (χ1) is 14.5. The van der Waals surface area contributed by atoms with Gasteiger partial charge in [-0.3, -0.25) is 0 Å². The van der Waals surface area contributed by atoms with E-state index in [0.29, 0.717) is 18.7 Å². The second-order valence-electron chi connectivity index (χ2n) is 6.96. The summed E-state index contributed by atoms with van der Waals surface area (Å²) in [5.41, 5.74) is 11.6. The van der Waals surface area contributed by atoms with Crippen LogP contribution in [-0.4, -0.2) is 9.97 Å². The van der Waals surface area contributed by atoms with Gasteiger partial charge in [0.15, 0.2) is 0 Å². The van der Waals surface area contributed by atoms with Crippen molar-refractivity contribution >= 4 is 53.6 Å². The van der Waals surface area contributed by atoms with Crippen LogP contribution in [-0.2, 0) is 12.8 Å². The summed E-state index contributed by atoms with van der Waals surface area (Å²) in [5, 5.41) is 0. The van der Waals surface area contributed by atoms with Gasteiger partial charge in [0.1, 0.15) is 11.6 Å². The third kappa shape index (κ3) is 5.17. The van der Waals surface area contributed by atoms with Crippen molar-refractivity contribution in [1.82, 2.24) is 9.97 Å². The van der Waals surface area contributed by atoms with E-state index in [1.165, 1.54) is 5.56 Å². The zero-order valence-corrected chi connectivity index (χ0v) is 20.7. The number of anilines is 1. The Bertz CT molecular complexity index is 1160. The molecule has 3 nitrogen and oxygen atoms in total. The molecule has 0 aliphatic heterocycles. The molecule has 0 atom stereocenters. The number of halogens is 3. The van der Waals surface area contributed by atoms with E-state index in [2.05, 4.69) is 77.0 Å². The van der Waals surface area contributed by atoms with E-state index in [0.717, 1.165) is 41.6 Å². The second kappa shape index (κ2) is 9.41. The Morgan fingerprint density at radius 2 is 1.07 bits per heavy atom. The SMILES string of the molecule is Nc1nc(Cc2ccc(Br)cc2)nc(Cc2ccc(Br)cc2)c1-c1ccc(Br)cc1. The fourth-order valence-corrected chi connectivity index (χ4v) is 4.09. The third-order valence-electron chi connectivity index (χ3n) is 4.75. The molecule has 1 heterocycles. The highest BCUT2D eigenvalue weighted by molar-refractivity contribution is 9.11. The first kappa shape index (κ1) is 21.2. The maximum absolute atomic E-state index is 6.47. The van der Waals surface area contributed by atoms with Crippen LogP contribution in [0.15, 0.2) is 86.2 Å². The van der Waals surface area contributed by atoms with Crippen LogP contribution in [0.2, 0.25) is 0 Å². The number of rotatable bonds is 5. The van der Waals surface area contributed by atoms with Gasteiger partial charge in [-0.05, 0) is 53.1 Å². The molecule has 0 saturated carbocycles. The van der Waals surface area contributed by atoms with E-state index in [1.54, 1.807) is 0 Å². The first-order valence-corrected chi connectivity index (χ1v) is 11.8. The quantitative estimate of drug-likeness (QED) is 0.269. The van der Waals surface area contributed by atoms with Crippen molar-refractivity contribution in [2.24, 2.45) is 0 Å². The van der Waals surface area contributed by atoms with Crippen LogP contribution in [0.1, 0.15) is 22.6 Å². The third-order valence-corrected chi connectivity index (χ3v) is 6.34. The van der Waals surface area contributed by atoms with Crippen molar-refractivity contribution in [3.05, 3.63) is 109 Å². The standard InChI is InChI=1S/C24H18Br3N3/c25-18-7-1-15(2-8-18)13-21-23(17-5-11-20(27)12-6-17)24(28)30-22(29-21)14-16-3-9-19(26)10-4-16/h1-12H,13-14H2,(H2,28,29,30). The van der Waals surface area contributed by atoms with Crippen LogP contribution in [0.4, 0.5) is 5.82 Å². The van der Waals surface area contributed by atoms with Crippen molar-refractivity contribution < 1.29 is 0 Å². The smallest absolute Gasteiger partial charge is 0.135 e. The number of nitrogens with zero attached hydrogens (tertiary/aromatic N) is 2. The Hall–Kier alpha value is -2.02. The molecule has 3 aromatic carbocycles. The van der Waals surface area contributed by atoms with Crippen molar-refractivity contribution in [1.29, 1.82) is 0 Å². The molecule has 0 aliphatic carbocycles. The molecule has 0 amide bonds. The van der Waals surface area contributed by atoms with Gasteiger partial charge >= 0.3 is 0 Å². The van der Waals surface area contributed by atoms with E-state index in [1.807, 2.05) is 48.5 Å². The summed E-state index contributed by atoms with van der Waals surface area (Å²) in [6, 6.07) is 24.6. The Morgan fingerprint density at radius 3 is 1.60 bits per heavy atom. The molecule has 0 spiro atoms. The lowest BCUT2D eigenvalue weighted by Crippen LogP contribution is -2.08. The molecular formula is C24H18Br3N3. The second-order valence-corrected chi connectivity index (χ2v) is 9.71. The van der Waals surface area contributed by atoms with E-state index in [-0.39, 0.29) is 0 Å².